The fourth-order valence-electron chi connectivity index (χ4n) is 2.23. The van der Waals surface area contributed by atoms with E-state index < -0.39 is 0 Å². The Bertz CT molecular complexity index is 596. The normalized spacial score (nSPS) is 12.2. The van der Waals surface area contributed by atoms with Crippen LogP contribution in [0.4, 0.5) is 0 Å². The van der Waals surface area contributed by atoms with Crippen molar-refractivity contribution in [3.05, 3.63) is 53.2 Å². The van der Waals surface area contributed by atoms with Crippen LogP contribution in [0, 0.1) is 13.8 Å². The summed E-state index contributed by atoms with van der Waals surface area (Å²) in [5, 5.41) is 3.48. The Balaban J connectivity index is 2.26. The molecular formula is C18H24N2O. The van der Waals surface area contributed by atoms with E-state index in [-0.39, 0.29) is 6.04 Å². The van der Waals surface area contributed by atoms with E-state index in [4.69, 9.17) is 4.74 Å². The van der Waals surface area contributed by atoms with Gasteiger partial charge in [0.25, 0.3) is 0 Å². The number of aryl methyl sites for hydroxylation is 1. The number of hydrogen-bond donors (Lipinski definition) is 1. The van der Waals surface area contributed by atoms with Gasteiger partial charge in [-0.15, -0.1) is 0 Å². The van der Waals surface area contributed by atoms with Gasteiger partial charge in [-0.1, -0.05) is 25.1 Å². The minimum atomic E-state index is 0.221. The summed E-state index contributed by atoms with van der Waals surface area (Å²) in [4.78, 5) is 4.41. The van der Waals surface area contributed by atoms with E-state index in [1.54, 1.807) is 6.20 Å². The van der Waals surface area contributed by atoms with Crippen molar-refractivity contribution in [2.75, 3.05) is 6.54 Å². The van der Waals surface area contributed by atoms with Crippen LogP contribution in [0.3, 0.4) is 0 Å². The van der Waals surface area contributed by atoms with Crippen LogP contribution in [0.25, 0.3) is 0 Å². The largest absolute Gasteiger partial charge is 0.438 e. The third-order valence-corrected chi connectivity index (χ3v) is 3.73. The van der Waals surface area contributed by atoms with Crippen LogP contribution in [-0.2, 0) is 0 Å². The lowest BCUT2D eigenvalue weighted by Crippen LogP contribution is -2.20. The lowest BCUT2D eigenvalue weighted by molar-refractivity contribution is 0.439. The second-order valence-corrected chi connectivity index (χ2v) is 5.37. The number of aromatic nitrogens is 1. The molecule has 0 aliphatic heterocycles. The molecule has 0 aliphatic rings. The summed E-state index contributed by atoms with van der Waals surface area (Å²) in [5.74, 6) is 1.56. The van der Waals surface area contributed by atoms with Crippen molar-refractivity contribution in [2.24, 2.45) is 0 Å². The van der Waals surface area contributed by atoms with Crippen molar-refractivity contribution in [2.45, 2.75) is 40.2 Å². The zero-order chi connectivity index (χ0) is 15.2. The second-order valence-electron chi connectivity index (χ2n) is 5.37. The first kappa shape index (κ1) is 15.5. The zero-order valence-electron chi connectivity index (χ0n) is 13.3. The minimum Gasteiger partial charge on any atom is -0.438 e. The maximum absolute atomic E-state index is 6.07. The van der Waals surface area contributed by atoms with Gasteiger partial charge >= 0.3 is 0 Å². The molecule has 1 N–H and O–H groups in total. The summed E-state index contributed by atoms with van der Waals surface area (Å²) in [6, 6.07) is 10.3. The molecular weight excluding hydrogens is 260 g/mol. The van der Waals surface area contributed by atoms with Crippen molar-refractivity contribution >= 4 is 0 Å². The third-order valence-electron chi connectivity index (χ3n) is 3.73. The zero-order valence-corrected chi connectivity index (χ0v) is 13.3. The maximum atomic E-state index is 6.07. The van der Waals surface area contributed by atoms with Crippen LogP contribution < -0.4 is 10.1 Å². The Morgan fingerprint density at radius 3 is 2.76 bits per heavy atom. The van der Waals surface area contributed by atoms with Crippen molar-refractivity contribution in [1.82, 2.24) is 10.3 Å². The fraction of sp³-hybridized carbons (Fsp3) is 0.389. The predicted molar refractivity (Wildman–Crippen MR) is 86.9 cm³/mol. The molecule has 112 valence electrons. The van der Waals surface area contributed by atoms with Crippen molar-refractivity contribution in [3.8, 4) is 11.6 Å². The number of hydrogen-bond acceptors (Lipinski definition) is 3. The summed E-state index contributed by atoms with van der Waals surface area (Å²) < 4.78 is 6.07. The fourth-order valence-corrected chi connectivity index (χ4v) is 2.23. The Hall–Kier alpha value is -1.87. The highest BCUT2D eigenvalue weighted by molar-refractivity contribution is 5.42. The molecule has 1 atom stereocenters. The average molecular weight is 284 g/mol. The molecule has 0 spiro atoms. The van der Waals surface area contributed by atoms with Crippen molar-refractivity contribution in [3.63, 3.8) is 0 Å². The maximum Gasteiger partial charge on any atom is 0.223 e. The second kappa shape index (κ2) is 7.23. The number of rotatable bonds is 6. The molecule has 0 amide bonds. The summed E-state index contributed by atoms with van der Waals surface area (Å²) >= 11 is 0. The Kier molecular flexibility index (Phi) is 5.34. The number of nitrogens with one attached hydrogen (secondary N) is 1. The average Bonchev–Trinajstić information content (AvgIpc) is 2.50. The Morgan fingerprint density at radius 2 is 2.00 bits per heavy atom. The molecule has 0 bridgehead atoms. The van der Waals surface area contributed by atoms with Gasteiger partial charge in [-0.05, 0) is 57.0 Å². The monoisotopic (exact) mass is 284 g/mol. The molecule has 0 saturated carbocycles. The first-order chi connectivity index (χ1) is 10.1. The molecule has 0 aliphatic carbocycles. The smallest absolute Gasteiger partial charge is 0.223 e. The SMILES string of the molecule is CCCNC(C)c1cccnc1Oc1cccc(C)c1C. The summed E-state index contributed by atoms with van der Waals surface area (Å²) in [6.45, 7) is 9.46. The minimum absolute atomic E-state index is 0.221. The topological polar surface area (TPSA) is 34.2 Å². The lowest BCUT2D eigenvalue weighted by Gasteiger charge is -2.18. The van der Waals surface area contributed by atoms with E-state index in [2.05, 4.69) is 50.1 Å². The molecule has 1 aromatic carbocycles. The molecule has 3 heteroatoms. The molecule has 21 heavy (non-hydrogen) atoms. The number of pyridine rings is 1. The summed E-state index contributed by atoms with van der Waals surface area (Å²) in [5.41, 5.74) is 3.47. The van der Waals surface area contributed by atoms with Gasteiger partial charge in [-0.25, -0.2) is 4.98 Å². The predicted octanol–water partition coefficient (Wildman–Crippen LogP) is 4.55. The van der Waals surface area contributed by atoms with Crippen LogP contribution in [0.2, 0.25) is 0 Å². The van der Waals surface area contributed by atoms with E-state index in [0.717, 1.165) is 29.8 Å². The highest BCUT2D eigenvalue weighted by atomic mass is 16.5. The summed E-state index contributed by atoms with van der Waals surface area (Å²) in [6.07, 6.45) is 2.88. The van der Waals surface area contributed by atoms with Gasteiger partial charge < -0.3 is 10.1 Å². The van der Waals surface area contributed by atoms with Gasteiger partial charge in [-0.3, -0.25) is 0 Å². The van der Waals surface area contributed by atoms with E-state index >= 15 is 0 Å². The summed E-state index contributed by atoms with van der Waals surface area (Å²) in [7, 11) is 0. The van der Waals surface area contributed by atoms with E-state index in [1.807, 2.05) is 18.2 Å². The van der Waals surface area contributed by atoms with Crippen LogP contribution in [-0.4, -0.2) is 11.5 Å². The van der Waals surface area contributed by atoms with Gasteiger partial charge in [-0.2, -0.15) is 0 Å². The molecule has 1 aromatic heterocycles. The van der Waals surface area contributed by atoms with Gasteiger partial charge in [0, 0.05) is 17.8 Å². The van der Waals surface area contributed by atoms with Crippen LogP contribution >= 0.6 is 0 Å². The van der Waals surface area contributed by atoms with Crippen LogP contribution in [0.5, 0.6) is 11.6 Å². The van der Waals surface area contributed by atoms with E-state index in [0.29, 0.717) is 5.88 Å². The third kappa shape index (κ3) is 3.82. The van der Waals surface area contributed by atoms with E-state index in [1.165, 1.54) is 5.56 Å². The molecule has 1 heterocycles. The molecule has 2 rings (SSSR count). The molecule has 0 saturated heterocycles. The molecule has 1 unspecified atom stereocenters. The van der Waals surface area contributed by atoms with Gasteiger partial charge in [0.15, 0.2) is 0 Å². The van der Waals surface area contributed by atoms with Crippen LogP contribution in [0.1, 0.15) is 43.0 Å². The van der Waals surface area contributed by atoms with Gasteiger partial charge in [0.1, 0.15) is 5.75 Å². The first-order valence-electron chi connectivity index (χ1n) is 7.55. The van der Waals surface area contributed by atoms with Crippen molar-refractivity contribution in [1.29, 1.82) is 0 Å². The molecule has 2 aromatic rings. The Labute approximate surface area is 127 Å². The Morgan fingerprint density at radius 1 is 1.19 bits per heavy atom. The van der Waals surface area contributed by atoms with Crippen molar-refractivity contribution < 1.29 is 4.74 Å². The van der Waals surface area contributed by atoms with Gasteiger partial charge in [0.2, 0.25) is 5.88 Å². The molecule has 0 fully saturated rings. The standard InChI is InChI=1S/C18H24N2O/c1-5-11-19-15(4)16-9-7-12-20-18(16)21-17-10-6-8-13(2)14(17)3/h6-10,12,15,19H,5,11H2,1-4H3. The molecule has 0 radical (unpaired) electrons. The number of benzene rings is 1. The lowest BCUT2D eigenvalue weighted by atomic mass is 10.1. The highest BCUT2D eigenvalue weighted by Gasteiger charge is 2.13. The quantitative estimate of drug-likeness (QED) is 0.845. The van der Waals surface area contributed by atoms with E-state index in [9.17, 15) is 0 Å². The van der Waals surface area contributed by atoms with Crippen LogP contribution in [0.15, 0.2) is 36.5 Å². The first-order valence-corrected chi connectivity index (χ1v) is 7.55. The number of nitrogens with zero attached hydrogens (tertiary/aromatic N) is 1. The number of ether oxygens (including phenoxy) is 1. The molecule has 3 nitrogen and oxygen atoms in total. The van der Waals surface area contributed by atoms with Gasteiger partial charge in [0.05, 0.1) is 0 Å². The highest BCUT2D eigenvalue weighted by Crippen LogP contribution is 2.30.